The van der Waals surface area contributed by atoms with Crippen LogP contribution in [0.15, 0.2) is 78.2 Å². The average molecular weight is 361 g/mol. The summed E-state index contributed by atoms with van der Waals surface area (Å²) >= 11 is -1.34. The van der Waals surface area contributed by atoms with Crippen LogP contribution >= 0.6 is 0 Å². The van der Waals surface area contributed by atoms with Crippen molar-refractivity contribution in [3.63, 3.8) is 0 Å². The first-order valence-electron chi connectivity index (χ1n) is 8.07. The molecule has 2 heterocycles. The lowest BCUT2D eigenvalue weighted by atomic mass is 10.0. The van der Waals surface area contributed by atoms with Crippen molar-refractivity contribution in [2.75, 3.05) is 0 Å². The fourth-order valence-corrected chi connectivity index (χ4v) is 3.76. The van der Waals surface area contributed by atoms with E-state index in [4.69, 9.17) is 0 Å². The van der Waals surface area contributed by atoms with Gasteiger partial charge >= 0.3 is 5.16 Å². The summed E-state index contributed by atoms with van der Waals surface area (Å²) in [5, 5.41) is 0.410. The Morgan fingerprint density at radius 1 is 1.04 bits per heavy atom. The molecule has 0 fully saturated rings. The van der Waals surface area contributed by atoms with Crippen molar-refractivity contribution in [3.8, 4) is 0 Å². The molecule has 0 aliphatic rings. The molecule has 1 atom stereocenters. The van der Waals surface area contributed by atoms with Crippen LogP contribution in [-0.4, -0.2) is 25.3 Å². The Hall–Kier alpha value is -2.96. The largest absolute Gasteiger partial charge is 0.609 e. The SMILES string of the molecule is O=C(c1ccccc1)c1cccc(C[S+]([O-])c2nc3cnccc3[nH]2)c1. The molecule has 0 radical (unpaired) electrons. The fraction of sp³-hybridized carbons (Fsp3) is 0.0500. The highest BCUT2D eigenvalue weighted by atomic mass is 32.2. The van der Waals surface area contributed by atoms with Crippen LogP contribution in [0.1, 0.15) is 21.5 Å². The molecule has 0 spiro atoms. The van der Waals surface area contributed by atoms with E-state index in [-0.39, 0.29) is 11.5 Å². The molecule has 4 aromatic rings. The third-order valence-corrected chi connectivity index (χ3v) is 5.22. The minimum atomic E-state index is -1.34. The minimum absolute atomic E-state index is 0.0481. The predicted molar refractivity (Wildman–Crippen MR) is 100 cm³/mol. The molecule has 1 unspecified atom stereocenters. The maximum atomic E-state index is 12.6. The first-order valence-corrected chi connectivity index (χ1v) is 9.39. The molecule has 0 aliphatic carbocycles. The van der Waals surface area contributed by atoms with Crippen LogP contribution < -0.4 is 0 Å². The van der Waals surface area contributed by atoms with Gasteiger partial charge in [0.05, 0.1) is 11.7 Å². The van der Waals surface area contributed by atoms with Crippen LogP contribution in [0.25, 0.3) is 11.0 Å². The predicted octanol–water partition coefficient (Wildman–Crippen LogP) is 3.50. The van der Waals surface area contributed by atoms with Gasteiger partial charge in [-0.25, -0.2) is 0 Å². The second kappa shape index (κ2) is 7.11. The molecular formula is C20H15N3O2S. The highest BCUT2D eigenvalue weighted by Crippen LogP contribution is 2.19. The number of imidazole rings is 1. The number of hydrogen-bond donors (Lipinski definition) is 1. The maximum Gasteiger partial charge on any atom is 0.322 e. The molecule has 6 heteroatoms. The number of rotatable bonds is 5. The van der Waals surface area contributed by atoms with Gasteiger partial charge in [0, 0.05) is 34.1 Å². The first kappa shape index (κ1) is 16.5. The molecule has 26 heavy (non-hydrogen) atoms. The van der Waals surface area contributed by atoms with Crippen LogP contribution in [0.4, 0.5) is 0 Å². The number of aromatic amines is 1. The van der Waals surface area contributed by atoms with Gasteiger partial charge in [0.1, 0.15) is 11.3 Å². The molecule has 2 aromatic carbocycles. The van der Waals surface area contributed by atoms with Gasteiger partial charge in [-0.1, -0.05) is 48.5 Å². The smallest absolute Gasteiger partial charge is 0.322 e. The number of aromatic nitrogens is 3. The van der Waals surface area contributed by atoms with Crippen LogP contribution in [-0.2, 0) is 16.9 Å². The highest BCUT2D eigenvalue weighted by Gasteiger charge is 2.18. The molecule has 0 saturated heterocycles. The molecular weight excluding hydrogens is 346 g/mol. The standard InChI is InChI=1S/C20H15N3O2S/c24-19(15-6-2-1-3-7-15)16-8-4-5-14(11-16)13-26(25)20-22-17-9-10-21-12-18(17)23-20/h1-12H,13H2,(H,22,23). The van der Waals surface area contributed by atoms with Crippen molar-refractivity contribution in [3.05, 3.63) is 89.7 Å². The molecule has 128 valence electrons. The molecule has 0 saturated carbocycles. The fourth-order valence-electron chi connectivity index (χ4n) is 2.72. The number of carbonyl (C=O) groups is 1. The maximum absolute atomic E-state index is 12.6. The van der Waals surface area contributed by atoms with Crippen LogP contribution in [0.5, 0.6) is 0 Å². The molecule has 0 aliphatic heterocycles. The summed E-state index contributed by atoms with van der Waals surface area (Å²) in [4.78, 5) is 24.0. The Morgan fingerprint density at radius 2 is 1.85 bits per heavy atom. The third-order valence-electron chi connectivity index (χ3n) is 4.00. The number of H-pyrrole nitrogens is 1. The Bertz CT molecular complexity index is 1030. The van der Waals surface area contributed by atoms with Crippen LogP contribution in [0.2, 0.25) is 0 Å². The lowest BCUT2D eigenvalue weighted by Gasteiger charge is -2.08. The third kappa shape index (κ3) is 3.37. The normalized spacial score (nSPS) is 12.2. The number of fused-ring (bicyclic) bond motifs is 1. The number of hydrogen-bond acceptors (Lipinski definition) is 4. The second-order valence-corrected chi connectivity index (χ2v) is 7.19. The van der Waals surface area contributed by atoms with Gasteiger partial charge in [-0.2, -0.15) is 4.98 Å². The van der Waals surface area contributed by atoms with E-state index in [1.807, 2.05) is 30.3 Å². The van der Waals surface area contributed by atoms with Crippen molar-refractivity contribution < 1.29 is 9.35 Å². The number of benzene rings is 2. The molecule has 5 nitrogen and oxygen atoms in total. The monoisotopic (exact) mass is 361 g/mol. The summed E-state index contributed by atoms with van der Waals surface area (Å²) in [5.74, 6) is 0.233. The number of nitrogens with one attached hydrogen (secondary N) is 1. The zero-order valence-electron chi connectivity index (χ0n) is 13.8. The molecule has 1 N–H and O–H groups in total. The van der Waals surface area contributed by atoms with E-state index in [2.05, 4.69) is 15.0 Å². The Labute approximate surface area is 153 Å². The zero-order valence-corrected chi connectivity index (χ0v) is 14.6. The van der Waals surface area contributed by atoms with E-state index in [0.29, 0.717) is 21.8 Å². The van der Waals surface area contributed by atoms with Gasteiger partial charge in [-0.05, 0) is 12.1 Å². The lowest BCUT2D eigenvalue weighted by Crippen LogP contribution is -2.08. The Morgan fingerprint density at radius 3 is 2.65 bits per heavy atom. The highest BCUT2D eigenvalue weighted by molar-refractivity contribution is 7.90. The minimum Gasteiger partial charge on any atom is -0.609 e. The molecule has 2 aromatic heterocycles. The van der Waals surface area contributed by atoms with Gasteiger partial charge in [-0.3, -0.25) is 14.8 Å². The topological polar surface area (TPSA) is 81.7 Å². The van der Waals surface area contributed by atoms with Crippen molar-refractivity contribution >= 4 is 28.0 Å². The number of pyridine rings is 1. The number of nitrogens with zero attached hydrogens (tertiary/aromatic N) is 2. The van der Waals surface area contributed by atoms with E-state index >= 15 is 0 Å². The summed E-state index contributed by atoms with van der Waals surface area (Å²) in [6, 6.07) is 18.2. The van der Waals surface area contributed by atoms with Gasteiger partial charge < -0.3 is 4.55 Å². The van der Waals surface area contributed by atoms with Gasteiger partial charge in [0.2, 0.25) is 0 Å². The van der Waals surface area contributed by atoms with Gasteiger partial charge in [0.25, 0.3) is 0 Å². The van der Waals surface area contributed by atoms with E-state index in [0.717, 1.165) is 11.1 Å². The summed E-state index contributed by atoms with van der Waals surface area (Å²) in [6.07, 6.45) is 3.29. The number of carbonyl (C=O) groups excluding carboxylic acids is 1. The molecule has 4 rings (SSSR count). The van der Waals surface area contributed by atoms with Crippen LogP contribution in [0.3, 0.4) is 0 Å². The van der Waals surface area contributed by atoms with E-state index in [1.54, 1.807) is 42.7 Å². The van der Waals surface area contributed by atoms with Crippen molar-refractivity contribution in [2.45, 2.75) is 10.9 Å². The van der Waals surface area contributed by atoms with Crippen molar-refractivity contribution in [1.82, 2.24) is 15.0 Å². The van der Waals surface area contributed by atoms with Crippen molar-refractivity contribution in [1.29, 1.82) is 0 Å². The van der Waals surface area contributed by atoms with Crippen molar-refractivity contribution in [2.24, 2.45) is 0 Å². The Balaban J connectivity index is 1.56. The lowest BCUT2D eigenvalue weighted by molar-refractivity contribution is 0.103. The van der Waals surface area contributed by atoms with Crippen LogP contribution in [0, 0.1) is 0 Å². The summed E-state index contributed by atoms with van der Waals surface area (Å²) < 4.78 is 12.6. The van der Waals surface area contributed by atoms with E-state index in [9.17, 15) is 9.35 Å². The second-order valence-electron chi connectivity index (χ2n) is 5.82. The molecule has 0 amide bonds. The first-order chi connectivity index (χ1) is 12.7. The summed E-state index contributed by atoms with van der Waals surface area (Å²) in [7, 11) is 0. The van der Waals surface area contributed by atoms with Gasteiger partial charge in [-0.15, -0.1) is 0 Å². The zero-order chi connectivity index (χ0) is 17.9. The van der Waals surface area contributed by atoms with Gasteiger partial charge in [0.15, 0.2) is 5.78 Å². The average Bonchev–Trinajstić information content (AvgIpc) is 3.13. The van der Waals surface area contributed by atoms with E-state index < -0.39 is 11.2 Å². The quantitative estimate of drug-likeness (QED) is 0.436. The summed E-state index contributed by atoms with van der Waals surface area (Å²) in [6.45, 7) is 0. The van der Waals surface area contributed by atoms with E-state index in [1.165, 1.54) is 0 Å². The Kier molecular flexibility index (Phi) is 4.51. The summed E-state index contributed by atoms with van der Waals surface area (Å²) in [5.41, 5.74) is 3.53. The molecule has 0 bridgehead atoms. The number of ketones is 1.